The van der Waals surface area contributed by atoms with E-state index in [1.165, 1.54) is 22.7 Å². The van der Waals surface area contributed by atoms with E-state index >= 15 is 0 Å². The summed E-state index contributed by atoms with van der Waals surface area (Å²) >= 11 is 5.97. The van der Waals surface area contributed by atoms with Crippen LogP contribution in [-0.2, 0) is 4.79 Å². The molecule has 26 heavy (non-hydrogen) atoms. The van der Waals surface area contributed by atoms with Gasteiger partial charge in [-0.3, -0.25) is 14.0 Å². The molecule has 130 valence electrons. The zero-order valence-electron chi connectivity index (χ0n) is 13.2. The summed E-state index contributed by atoms with van der Waals surface area (Å²) in [5.41, 5.74) is 0.925. The number of hydrogen-bond acceptors (Lipinski definition) is 5. The number of ether oxygens (including phenoxy) is 1. The quantitative estimate of drug-likeness (QED) is 0.696. The van der Waals surface area contributed by atoms with Crippen LogP contribution < -0.4 is 10.3 Å². The van der Waals surface area contributed by atoms with E-state index in [2.05, 4.69) is 4.98 Å². The first kappa shape index (κ1) is 16.3. The van der Waals surface area contributed by atoms with Crippen LogP contribution in [-0.4, -0.2) is 26.4 Å². The molecule has 8 heteroatoms. The molecule has 0 radical (unpaired) electrons. The van der Waals surface area contributed by atoms with E-state index in [4.69, 9.17) is 21.4 Å². The fourth-order valence-corrected chi connectivity index (χ4v) is 3.20. The number of rotatable bonds is 2. The van der Waals surface area contributed by atoms with E-state index in [9.17, 15) is 14.4 Å². The average Bonchev–Trinajstić information content (AvgIpc) is 2.62. The van der Waals surface area contributed by atoms with Gasteiger partial charge in [-0.1, -0.05) is 23.7 Å². The van der Waals surface area contributed by atoms with Crippen molar-refractivity contribution in [2.75, 3.05) is 0 Å². The molecule has 0 amide bonds. The fourth-order valence-electron chi connectivity index (χ4n) is 3.04. The summed E-state index contributed by atoms with van der Waals surface area (Å²) in [6.07, 6.45) is 1.41. The van der Waals surface area contributed by atoms with Crippen LogP contribution in [0.4, 0.5) is 0 Å². The number of halogens is 1. The number of carboxylic acids is 1. The maximum atomic E-state index is 13.0. The molecule has 0 saturated heterocycles. The van der Waals surface area contributed by atoms with Crippen molar-refractivity contribution < 1.29 is 19.4 Å². The molecular weight excluding hydrogens is 360 g/mol. The highest BCUT2D eigenvalue weighted by molar-refractivity contribution is 6.30. The Balaban J connectivity index is 1.92. The van der Waals surface area contributed by atoms with Crippen LogP contribution in [0.15, 0.2) is 47.4 Å². The third-order valence-electron chi connectivity index (χ3n) is 4.28. The van der Waals surface area contributed by atoms with E-state index in [1.807, 2.05) is 0 Å². The van der Waals surface area contributed by atoms with Crippen molar-refractivity contribution in [2.24, 2.45) is 0 Å². The standard InChI is InChI=1S/C18H11ClN2O5/c19-11-5-6-13-20-16-15(17(23)21(13)8-11)12(7-14(22)26-16)9-1-3-10(4-2-9)18(24)25/h1-6,8,12H,7H2,(H,24,25)/t12-/m1/s1. The van der Waals surface area contributed by atoms with Crippen molar-refractivity contribution in [3.05, 3.63) is 74.7 Å². The lowest BCUT2D eigenvalue weighted by Gasteiger charge is -2.23. The zero-order chi connectivity index (χ0) is 18.4. The molecule has 3 aromatic rings. The number of benzene rings is 1. The second-order valence-corrected chi connectivity index (χ2v) is 6.31. The third-order valence-corrected chi connectivity index (χ3v) is 4.50. The summed E-state index contributed by atoms with van der Waals surface area (Å²) in [6.45, 7) is 0. The van der Waals surface area contributed by atoms with Gasteiger partial charge in [0.15, 0.2) is 0 Å². The van der Waals surface area contributed by atoms with Gasteiger partial charge in [0.1, 0.15) is 5.65 Å². The van der Waals surface area contributed by atoms with Gasteiger partial charge in [0.2, 0.25) is 5.88 Å². The van der Waals surface area contributed by atoms with E-state index < -0.39 is 17.9 Å². The molecule has 0 saturated carbocycles. The molecular formula is C18H11ClN2O5. The molecule has 3 heterocycles. The van der Waals surface area contributed by atoms with Crippen LogP contribution in [0.5, 0.6) is 5.88 Å². The molecule has 1 aliphatic heterocycles. The van der Waals surface area contributed by atoms with E-state index in [0.717, 1.165) is 0 Å². The Morgan fingerprint density at radius 1 is 1.19 bits per heavy atom. The summed E-state index contributed by atoms with van der Waals surface area (Å²) in [7, 11) is 0. The predicted molar refractivity (Wildman–Crippen MR) is 92.0 cm³/mol. The SMILES string of the molecule is O=C1C[C@H](c2ccc(C(=O)O)cc2)c2c(nc3ccc(Cl)cn3c2=O)O1. The van der Waals surface area contributed by atoms with Crippen LogP contribution in [0.1, 0.15) is 33.8 Å². The average molecular weight is 371 g/mol. The summed E-state index contributed by atoms with van der Waals surface area (Å²) in [5.74, 6) is -2.16. The number of hydrogen-bond donors (Lipinski definition) is 1. The van der Waals surface area contributed by atoms with Gasteiger partial charge in [-0.15, -0.1) is 0 Å². The summed E-state index contributed by atoms with van der Waals surface area (Å²) in [6, 6.07) is 9.18. The summed E-state index contributed by atoms with van der Waals surface area (Å²) < 4.78 is 6.48. The number of aromatic nitrogens is 2. The van der Waals surface area contributed by atoms with Crippen LogP contribution in [0.25, 0.3) is 5.65 Å². The van der Waals surface area contributed by atoms with Crippen LogP contribution in [0, 0.1) is 0 Å². The third kappa shape index (κ3) is 2.62. The minimum atomic E-state index is -1.05. The Kier molecular flexibility index (Phi) is 3.73. The highest BCUT2D eigenvalue weighted by Crippen LogP contribution is 2.35. The van der Waals surface area contributed by atoms with Crippen molar-refractivity contribution in [1.29, 1.82) is 0 Å². The van der Waals surface area contributed by atoms with Crippen molar-refractivity contribution in [3.63, 3.8) is 0 Å². The highest BCUT2D eigenvalue weighted by Gasteiger charge is 2.33. The van der Waals surface area contributed by atoms with Crippen molar-refractivity contribution in [3.8, 4) is 5.88 Å². The number of nitrogens with zero attached hydrogens (tertiary/aromatic N) is 2. The van der Waals surface area contributed by atoms with Gasteiger partial charge in [0.25, 0.3) is 5.56 Å². The maximum absolute atomic E-state index is 13.0. The van der Waals surface area contributed by atoms with Crippen molar-refractivity contribution >= 4 is 29.2 Å². The van der Waals surface area contributed by atoms with Gasteiger partial charge in [-0.05, 0) is 29.8 Å². The van der Waals surface area contributed by atoms with E-state index in [-0.39, 0.29) is 29.0 Å². The summed E-state index contributed by atoms with van der Waals surface area (Å²) in [4.78, 5) is 40.2. The number of carbonyl (C=O) groups is 2. The molecule has 0 aliphatic carbocycles. The smallest absolute Gasteiger partial charge is 0.335 e. The minimum absolute atomic E-state index is 0.0270. The molecule has 1 aliphatic rings. The van der Waals surface area contributed by atoms with Crippen LogP contribution >= 0.6 is 11.6 Å². The molecule has 0 spiro atoms. The zero-order valence-corrected chi connectivity index (χ0v) is 13.9. The minimum Gasteiger partial charge on any atom is -0.478 e. The number of aromatic carboxylic acids is 1. The molecule has 2 aromatic heterocycles. The maximum Gasteiger partial charge on any atom is 0.335 e. The number of esters is 1. The predicted octanol–water partition coefficient (Wildman–Crippen LogP) is 2.49. The molecule has 0 fully saturated rings. The summed E-state index contributed by atoms with van der Waals surface area (Å²) in [5, 5.41) is 9.40. The Morgan fingerprint density at radius 3 is 2.62 bits per heavy atom. The molecule has 0 bridgehead atoms. The number of fused-ring (bicyclic) bond motifs is 2. The Bertz CT molecular complexity index is 1120. The number of carboxylic acid groups (broad SMARTS) is 1. The highest BCUT2D eigenvalue weighted by atomic mass is 35.5. The van der Waals surface area contributed by atoms with Crippen molar-refractivity contribution in [1.82, 2.24) is 9.38 Å². The van der Waals surface area contributed by atoms with E-state index in [0.29, 0.717) is 16.2 Å². The monoisotopic (exact) mass is 370 g/mol. The van der Waals surface area contributed by atoms with Gasteiger partial charge < -0.3 is 9.84 Å². The first-order valence-electron chi connectivity index (χ1n) is 7.70. The van der Waals surface area contributed by atoms with Gasteiger partial charge in [0.05, 0.1) is 22.6 Å². The topological polar surface area (TPSA) is 98.0 Å². The lowest BCUT2D eigenvalue weighted by atomic mass is 9.88. The first-order chi connectivity index (χ1) is 12.4. The van der Waals surface area contributed by atoms with Crippen molar-refractivity contribution in [2.45, 2.75) is 12.3 Å². The fraction of sp³-hybridized carbons (Fsp3) is 0.111. The lowest BCUT2D eigenvalue weighted by molar-refractivity contribution is -0.135. The van der Waals surface area contributed by atoms with Gasteiger partial charge in [-0.2, -0.15) is 4.98 Å². The number of pyridine rings is 1. The van der Waals surface area contributed by atoms with E-state index in [1.54, 1.807) is 24.3 Å². The van der Waals surface area contributed by atoms with Gasteiger partial charge in [0, 0.05) is 12.1 Å². The Morgan fingerprint density at radius 2 is 1.92 bits per heavy atom. The molecule has 1 N–H and O–H groups in total. The van der Waals surface area contributed by atoms with Crippen LogP contribution in [0.2, 0.25) is 5.02 Å². The molecule has 7 nitrogen and oxygen atoms in total. The first-order valence-corrected chi connectivity index (χ1v) is 8.07. The molecule has 1 aromatic carbocycles. The van der Waals surface area contributed by atoms with Gasteiger partial charge >= 0.3 is 11.9 Å². The molecule has 4 rings (SSSR count). The van der Waals surface area contributed by atoms with Gasteiger partial charge in [-0.25, -0.2) is 4.79 Å². The second kappa shape index (κ2) is 5.96. The Labute approximate surface area is 151 Å². The molecule has 0 unspecified atom stereocenters. The Hall–Kier alpha value is -3.19. The normalized spacial score (nSPS) is 16.2. The lowest BCUT2D eigenvalue weighted by Crippen LogP contribution is -2.31. The largest absolute Gasteiger partial charge is 0.478 e. The van der Waals surface area contributed by atoms with Crippen LogP contribution in [0.3, 0.4) is 0 Å². The molecule has 1 atom stereocenters. The number of carbonyl (C=O) groups excluding carboxylic acids is 1. The second-order valence-electron chi connectivity index (χ2n) is 5.87.